The average Bonchev–Trinajstić information content (AvgIpc) is 2.26. The van der Waals surface area contributed by atoms with Crippen molar-refractivity contribution in [2.45, 2.75) is 6.92 Å². The predicted molar refractivity (Wildman–Crippen MR) is 64.9 cm³/mol. The molecular formula is C11H7BrClFN2. The number of nitrogens with zero attached hydrogens (tertiary/aromatic N) is 2. The lowest BCUT2D eigenvalue weighted by molar-refractivity contribution is 0.618. The van der Waals surface area contributed by atoms with Crippen molar-refractivity contribution in [1.82, 2.24) is 9.97 Å². The number of halogens is 3. The summed E-state index contributed by atoms with van der Waals surface area (Å²) in [5.74, 6) is 0.239. The molecule has 1 aromatic carbocycles. The molecule has 16 heavy (non-hydrogen) atoms. The van der Waals surface area contributed by atoms with Crippen molar-refractivity contribution in [3.05, 3.63) is 45.4 Å². The van der Waals surface area contributed by atoms with Crippen LogP contribution < -0.4 is 0 Å². The normalized spacial score (nSPS) is 10.5. The molecule has 0 saturated carbocycles. The maximum absolute atomic E-state index is 13.1. The number of rotatable bonds is 1. The minimum absolute atomic E-state index is 0.244. The molecule has 0 fully saturated rings. The first-order valence-electron chi connectivity index (χ1n) is 4.52. The SMILES string of the molecule is Cc1cc(-c2ncc(Br)c(Cl)n2)ccc1F. The first-order valence-corrected chi connectivity index (χ1v) is 5.69. The molecule has 0 aliphatic heterocycles. The highest BCUT2D eigenvalue weighted by Crippen LogP contribution is 2.23. The van der Waals surface area contributed by atoms with E-state index in [1.807, 2.05) is 0 Å². The van der Waals surface area contributed by atoms with Crippen LogP contribution in [0.4, 0.5) is 4.39 Å². The van der Waals surface area contributed by atoms with Crippen LogP contribution in [0.5, 0.6) is 0 Å². The maximum Gasteiger partial charge on any atom is 0.160 e. The third-order valence-corrected chi connectivity index (χ3v) is 3.21. The van der Waals surface area contributed by atoms with Gasteiger partial charge in [-0.1, -0.05) is 11.6 Å². The third kappa shape index (κ3) is 2.23. The van der Waals surface area contributed by atoms with Crippen LogP contribution >= 0.6 is 27.5 Å². The Hall–Kier alpha value is -1.00. The number of aryl methyl sites for hydroxylation is 1. The molecule has 5 heteroatoms. The van der Waals surface area contributed by atoms with E-state index >= 15 is 0 Å². The van der Waals surface area contributed by atoms with Crippen LogP contribution in [0.25, 0.3) is 11.4 Å². The molecular weight excluding hydrogens is 294 g/mol. The summed E-state index contributed by atoms with van der Waals surface area (Å²) in [6, 6.07) is 4.71. The van der Waals surface area contributed by atoms with Gasteiger partial charge in [0.2, 0.25) is 0 Å². The molecule has 0 atom stereocenters. The average molecular weight is 302 g/mol. The van der Waals surface area contributed by atoms with Crippen LogP contribution in [0, 0.1) is 12.7 Å². The van der Waals surface area contributed by atoms with E-state index < -0.39 is 0 Å². The van der Waals surface area contributed by atoms with E-state index in [9.17, 15) is 4.39 Å². The van der Waals surface area contributed by atoms with Gasteiger partial charge in [-0.3, -0.25) is 0 Å². The quantitative estimate of drug-likeness (QED) is 0.744. The van der Waals surface area contributed by atoms with Gasteiger partial charge in [0.05, 0.1) is 4.47 Å². The van der Waals surface area contributed by atoms with Gasteiger partial charge < -0.3 is 0 Å². The number of hydrogen-bond donors (Lipinski definition) is 0. The zero-order valence-electron chi connectivity index (χ0n) is 8.34. The molecule has 0 N–H and O–H groups in total. The fourth-order valence-electron chi connectivity index (χ4n) is 1.27. The fraction of sp³-hybridized carbons (Fsp3) is 0.0909. The van der Waals surface area contributed by atoms with Gasteiger partial charge in [0, 0.05) is 11.8 Å². The van der Waals surface area contributed by atoms with Crippen molar-refractivity contribution in [1.29, 1.82) is 0 Å². The number of aromatic nitrogens is 2. The van der Waals surface area contributed by atoms with Gasteiger partial charge in [0.1, 0.15) is 11.0 Å². The molecule has 2 rings (SSSR count). The first-order chi connectivity index (χ1) is 7.58. The highest BCUT2D eigenvalue weighted by atomic mass is 79.9. The summed E-state index contributed by atoms with van der Waals surface area (Å²) in [4.78, 5) is 8.21. The van der Waals surface area contributed by atoms with Gasteiger partial charge in [-0.15, -0.1) is 0 Å². The van der Waals surface area contributed by atoms with Gasteiger partial charge in [0.25, 0.3) is 0 Å². The van der Waals surface area contributed by atoms with E-state index in [-0.39, 0.29) is 5.82 Å². The van der Waals surface area contributed by atoms with Crippen molar-refractivity contribution in [2.24, 2.45) is 0 Å². The lowest BCUT2D eigenvalue weighted by Crippen LogP contribution is -1.91. The Kier molecular flexibility index (Phi) is 3.21. The Morgan fingerprint density at radius 3 is 2.75 bits per heavy atom. The standard InChI is InChI=1S/C11H7BrClFN2/c1-6-4-7(2-3-9(6)14)11-15-5-8(12)10(13)16-11/h2-5H,1H3. The molecule has 1 heterocycles. The summed E-state index contributed by atoms with van der Waals surface area (Å²) < 4.78 is 13.7. The van der Waals surface area contributed by atoms with Gasteiger partial charge in [-0.2, -0.15) is 0 Å². The summed E-state index contributed by atoms with van der Waals surface area (Å²) >= 11 is 9.07. The molecule has 1 aromatic heterocycles. The molecule has 0 bridgehead atoms. The predicted octanol–water partition coefficient (Wildman–Crippen LogP) is 4.01. The number of benzene rings is 1. The van der Waals surface area contributed by atoms with Gasteiger partial charge in [0.15, 0.2) is 5.82 Å². The fourth-order valence-corrected chi connectivity index (χ4v) is 1.59. The van der Waals surface area contributed by atoms with E-state index in [4.69, 9.17) is 11.6 Å². The molecule has 2 aromatic rings. The van der Waals surface area contributed by atoms with Crippen molar-refractivity contribution in [3.63, 3.8) is 0 Å². The first kappa shape index (κ1) is 11.5. The molecule has 0 radical (unpaired) electrons. The minimum Gasteiger partial charge on any atom is -0.235 e. The summed E-state index contributed by atoms with van der Waals surface area (Å²) in [5.41, 5.74) is 1.30. The molecule has 0 amide bonds. The van der Waals surface area contributed by atoms with Gasteiger partial charge in [-0.25, -0.2) is 14.4 Å². The summed E-state index contributed by atoms with van der Waals surface area (Å²) in [6.07, 6.45) is 1.57. The molecule has 0 aliphatic carbocycles. The maximum atomic E-state index is 13.1. The largest absolute Gasteiger partial charge is 0.235 e. The molecule has 0 unspecified atom stereocenters. The molecule has 82 valence electrons. The van der Waals surface area contributed by atoms with Crippen LogP contribution in [0.2, 0.25) is 5.15 Å². The zero-order valence-corrected chi connectivity index (χ0v) is 10.7. The second-order valence-electron chi connectivity index (χ2n) is 3.30. The van der Waals surface area contributed by atoms with Crippen LogP contribution in [0.15, 0.2) is 28.9 Å². The van der Waals surface area contributed by atoms with E-state index in [0.717, 1.165) is 5.56 Å². The minimum atomic E-state index is -0.244. The van der Waals surface area contributed by atoms with Crippen molar-refractivity contribution >= 4 is 27.5 Å². The van der Waals surface area contributed by atoms with E-state index in [1.165, 1.54) is 6.07 Å². The highest BCUT2D eigenvalue weighted by molar-refractivity contribution is 9.10. The van der Waals surface area contributed by atoms with Crippen molar-refractivity contribution < 1.29 is 4.39 Å². The summed E-state index contributed by atoms with van der Waals surface area (Å²) in [7, 11) is 0. The summed E-state index contributed by atoms with van der Waals surface area (Å²) in [6.45, 7) is 1.69. The summed E-state index contributed by atoms with van der Waals surface area (Å²) in [5, 5.41) is 0.340. The molecule has 2 nitrogen and oxygen atoms in total. The monoisotopic (exact) mass is 300 g/mol. The van der Waals surface area contributed by atoms with Gasteiger partial charge >= 0.3 is 0 Å². The smallest absolute Gasteiger partial charge is 0.160 e. The molecule has 0 spiro atoms. The van der Waals surface area contributed by atoms with E-state index in [0.29, 0.717) is 21.0 Å². The molecule has 0 aliphatic rings. The van der Waals surface area contributed by atoms with Crippen molar-refractivity contribution in [3.8, 4) is 11.4 Å². The lowest BCUT2D eigenvalue weighted by Gasteiger charge is -2.03. The zero-order chi connectivity index (χ0) is 11.7. The van der Waals surface area contributed by atoms with Crippen LogP contribution in [0.3, 0.4) is 0 Å². The number of hydrogen-bond acceptors (Lipinski definition) is 2. The highest BCUT2D eigenvalue weighted by Gasteiger charge is 2.06. The third-order valence-electron chi connectivity index (χ3n) is 2.12. The van der Waals surface area contributed by atoms with Crippen LogP contribution in [0.1, 0.15) is 5.56 Å². The lowest BCUT2D eigenvalue weighted by atomic mass is 10.1. The topological polar surface area (TPSA) is 25.8 Å². The Balaban J connectivity index is 2.50. The molecule has 0 saturated heterocycles. The van der Waals surface area contributed by atoms with Crippen LogP contribution in [-0.4, -0.2) is 9.97 Å². The van der Waals surface area contributed by atoms with Crippen molar-refractivity contribution in [2.75, 3.05) is 0 Å². The second-order valence-corrected chi connectivity index (χ2v) is 4.51. The Labute approximate surface area is 106 Å². The van der Waals surface area contributed by atoms with Crippen LogP contribution in [-0.2, 0) is 0 Å². The second kappa shape index (κ2) is 4.47. The van der Waals surface area contributed by atoms with E-state index in [2.05, 4.69) is 25.9 Å². The Morgan fingerprint density at radius 2 is 2.12 bits per heavy atom. The Bertz CT molecular complexity index is 496. The van der Waals surface area contributed by atoms with Gasteiger partial charge in [-0.05, 0) is 46.6 Å². The van der Waals surface area contributed by atoms with E-state index in [1.54, 1.807) is 25.3 Å². The Morgan fingerprint density at radius 1 is 1.38 bits per heavy atom.